The molecule has 30 heavy (non-hydrogen) atoms. The van der Waals surface area contributed by atoms with Crippen LogP contribution < -0.4 is 5.73 Å². The van der Waals surface area contributed by atoms with Crippen LogP contribution in [0.25, 0.3) is 22.0 Å². The van der Waals surface area contributed by atoms with E-state index in [2.05, 4.69) is 63.7 Å². The summed E-state index contributed by atoms with van der Waals surface area (Å²) in [4.78, 5) is 0. The Balaban J connectivity index is 1.91. The molecule has 0 radical (unpaired) electrons. The molecule has 1 aromatic heterocycles. The lowest BCUT2D eigenvalue weighted by Crippen LogP contribution is -2.41. The number of rotatable bonds is 6. The summed E-state index contributed by atoms with van der Waals surface area (Å²) in [5, 5.41) is 10.7. The zero-order valence-electron chi connectivity index (χ0n) is 19.0. The summed E-state index contributed by atoms with van der Waals surface area (Å²) in [6, 6.07) is 14.2. The molecule has 5 heteroatoms. The number of nitriles is 1. The summed E-state index contributed by atoms with van der Waals surface area (Å²) >= 11 is 0. The van der Waals surface area contributed by atoms with Crippen LogP contribution in [0.5, 0.6) is 0 Å². The molecule has 0 aliphatic heterocycles. The maximum absolute atomic E-state index is 9.39. The number of nitrogens with two attached hydrogens (primary N) is 1. The lowest BCUT2D eigenvalue weighted by Gasteiger charge is -2.36. The molecule has 0 saturated heterocycles. The number of hydrogen-bond acceptors (Lipinski definition) is 3. The van der Waals surface area contributed by atoms with Gasteiger partial charge in [0.2, 0.25) is 0 Å². The maximum atomic E-state index is 9.39. The van der Waals surface area contributed by atoms with E-state index >= 15 is 0 Å². The number of nitrogens with zero attached hydrogens (tertiary/aromatic N) is 2. The third-order valence-corrected chi connectivity index (χ3v) is 11.0. The Bertz CT molecular complexity index is 1100. The highest BCUT2D eigenvalue weighted by Gasteiger charge is 2.36. The van der Waals surface area contributed by atoms with E-state index in [0.717, 1.165) is 52.9 Å². The fraction of sp³-hybridized carbons (Fsp3) is 0.400. The van der Waals surface area contributed by atoms with Crippen molar-refractivity contribution in [1.29, 1.82) is 5.26 Å². The maximum Gasteiger partial charge on any atom is 0.191 e. The minimum Gasteiger partial charge on any atom is -0.417 e. The van der Waals surface area contributed by atoms with E-state index in [9.17, 15) is 5.26 Å². The molecule has 3 rings (SSSR count). The van der Waals surface area contributed by atoms with E-state index < -0.39 is 8.32 Å². The average Bonchev–Trinajstić information content (AvgIpc) is 3.04. The quantitative estimate of drug-likeness (QED) is 0.282. The minimum absolute atomic E-state index is 0.221. The molecule has 0 unspecified atom stereocenters. The molecule has 0 amide bonds. The van der Waals surface area contributed by atoms with E-state index in [1.165, 1.54) is 0 Å². The normalized spacial score (nSPS) is 12.3. The van der Waals surface area contributed by atoms with Crippen LogP contribution in [0.3, 0.4) is 0 Å². The van der Waals surface area contributed by atoms with Crippen LogP contribution in [0.15, 0.2) is 42.6 Å². The molecular weight excluding hydrogens is 386 g/mol. The van der Waals surface area contributed by atoms with Gasteiger partial charge in [0, 0.05) is 41.5 Å². The van der Waals surface area contributed by atoms with Crippen LogP contribution in [-0.4, -0.2) is 19.5 Å². The minimum atomic E-state index is -1.73. The first-order valence-corrected chi connectivity index (χ1v) is 13.5. The monoisotopic (exact) mass is 419 g/mol. The van der Waals surface area contributed by atoms with Gasteiger partial charge in [0.25, 0.3) is 0 Å². The highest BCUT2D eigenvalue weighted by atomic mass is 28.4. The topological polar surface area (TPSA) is 64.0 Å². The Morgan fingerprint density at radius 3 is 2.53 bits per heavy atom. The first-order chi connectivity index (χ1) is 14.0. The smallest absolute Gasteiger partial charge is 0.191 e. The standard InChI is InChI=1S/C25H33N3OSi/c1-18-20(9-7-10-23(18)27)22-17-28(24-12-11-19(16-26)15-21(22)24)13-8-14-29-30(5,6)25(2,3)4/h7,9-12,15,17H,8,13-14,27H2,1-6H3. The second-order valence-corrected chi connectivity index (χ2v) is 14.4. The first-order valence-electron chi connectivity index (χ1n) is 10.6. The molecule has 3 aromatic rings. The van der Waals surface area contributed by atoms with Crippen molar-refractivity contribution in [2.75, 3.05) is 12.3 Å². The number of nitrogen functional groups attached to an aromatic ring is 1. The van der Waals surface area contributed by atoms with Gasteiger partial charge in [0.05, 0.1) is 11.6 Å². The SMILES string of the molecule is Cc1c(N)cccc1-c1cn(CCCO[Si](C)(C)C(C)(C)C)c2ccc(C#N)cc12. The number of anilines is 1. The number of aryl methyl sites for hydroxylation is 1. The van der Waals surface area contributed by atoms with E-state index in [1.54, 1.807) is 0 Å². The predicted octanol–water partition coefficient (Wildman–Crippen LogP) is 6.48. The van der Waals surface area contributed by atoms with E-state index in [0.29, 0.717) is 5.56 Å². The molecule has 2 aromatic carbocycles. The van der Waals surface area contributed by atoms with Crippen molar-refractivity contribution in [2.24, 2.45) is 0 Å². The zero-order valence-corrected chi connectivity index (χ0v) is 20.0. The zero-order chi connectivity index (χ0) is 22.1. The van der Waals surface area contributed by atoms with Gasteiger partial charge in [-0.05, 0) is 66.9 Å². The van der Waals surface area contributed by atoms with E-state index in [-0.39, 0.29) is 5.04 Å². The van der Waals surface area contributed by atoms with Gasteiger partial charge in [0.1, 0.15) is 0 Å². The molecule has 0 saturated carbocycles. The Labute approximate surface area is 181 Å². The first kappa shape index (κ1) is 22.1. The van der Waals surface area contributed by atoms with E-state index in [1.807, 2.05) is 30.3 Å². The number of hydrogen-bond donors (Lipinski definition) is 1. The van der Waals surface area contributed by atoms with Gasteiger partial charge in [-0.1, -0.05) is 32.9 Å². The summed E-state index contributed by atoms with van der Waals surface area (Å²) in [5.74, 6) is 0. The molecule has 0 atom stereocenters. The summed E-state index contributed by atoms with van der Waals surface area (Å²) < 4.78 is 8.64. The Morgan fingerprint density at radius 2 is 1.87 bits per heavy atom. The Kier molecular flexibility index (Phi) is 6.12. The fourth-order valence-corrected chi connectivity index (χ4v) is 4.58. The molecule has 158 valence electrons. The van der Waals surface area contributed by atoms with Crippen molar-refractivity contribution in [3.63, 3.8) is 0 Å². The Hall–Kier alpha value is -2.55. The van der Waals surface area contributed by atoms with Crippen LogP contribution >= 0.6 is 0 Å². The summed E-state index contributed by atoms with van der Waals surface area (Å²) in [6.07, 6.45) is 3.14. The van der Waals surface area contributed by atoms with Crippen molar-refractivity contribution >= 4 is 24.9 Å². The van der Waals surface area contributed by atoms with Crippen LogP contribution in [0.4, 0.5) is 5.69 Å². The van der Waals surface area contributed by atoms with Crippen molar-refractivity contribution < 1.29 is 4.43 Å². The van der Waals surface area contributed by atoms with Gasteiger partial charge >= 0.3 is 0 Å². The molecular formula is C25H33N3OSi. The third kappa shape index (κ3) is 4.30. The lowest BCUT2D eigenvalue weighted by atomic mass is 9.98. The fourth-order valence-electron chi connectivity index (χ4n) is 3.49. The average molecular weight is 420 g/mol. The van der Waals surface area contributed by atoms with Gasteiger partial charge < -0.3 is 14.7 Å². The van der Waals surface area contributed by atoms with Crippen molar-refractivity contribution in [3.05, 3.63) is 53.7 Å². The van der Waals surface area contributed by atoms with Crippen molar-refractivity contribution in [3.8, 4) is 17.2 Å². The largest absolute Gasteiger partial charge is 0.417 e. The second kappa shape index (κ2) is 8.29. The van der Waals surface area contributed by atoms with Crippen LogP contribution in [0.1, 0.15) is 38.3 Å². The number of fused-ring (bicyclic) bond motifs is 1. The highest BCUT2D eigenvalue weighted by molar-refractivity contribution is 6.74. The Morgan fingerprint density at radius 1 is 1.13 bits per heavy atom. The van der Waals surface area contributed by atoms with Gasteiger partial charge in [-0.3, -0.25) is 0 Å². The predicted molar refractivity (Wildman–Crippen MR) is 129 cm³/mol. The van der Waals surface area contributed by atoms with Crippen LogP contribution in [0, 0.1) is 18.3 Å². The molecule has 2 N–H and O–H groups in total. The van der Waals surface area contributed by atoms with Gasteiger partial charge in [-0.15, -0.1) is 0 Å². The third-order valence-electron chi connectivity index (χ3n) is 6.49. The molecule has 0 bridgehead atoms. The van der Waals surface area contributed by atoms with Crippen molar-refractivity contribution in [2.45, 2.75) is 58.8 Å². The van der Waals surface area contributed by atoms with Crippen molar-refractivity contribution in [1.82, 2.24) is 4.57 Å². The van der Waals surface area contributed by atoms with Gasteiger partial charge in [0.15, 0.2) is 8.32 Å². The highest BCUT2D eigenvalue weighted by Crippen LogP contribution is 2.37. The molecule has 0 aliphatic carbocycles. The van der Waals surface area contributed by atoms with Gasteiger partial charge in [-0.25, -0.2) is 0 Å². The summed E-state index contributed by atoms with van der Waals surface area (Å²) in [5.41, 5.74) is 12.1. The number of aromatic nitrogens is 1. The number of benzene rings is 2. The summed E-state index contributed by atoms with van der Waals surface area (Å²) in [7, 11) is -1.73. The summed E-state index contributed by atoms with van der Waals surface area (Å²) in [6.45, 7) is 15.1. The molecule has 4 nitrogen and oxygen atoms in total. The molecule has 1 heterocycles. The molecule has 0 spiro atoms. The second-order valence-electron chi connectivity index (χ2n) is 9.56. The van der Waals surface area contributed by atoms with Crippen LogP contribution in [0.2, 0.25) is 18.1 Å². The van der Waals surface area contributed by atoms with Crippen LogP contribution in [-0.2, 0) is 11.0 Å². The lowest BCUT2D eigenvalue weighted by molar-refractivity contribution is 0.276. The molecule has 0 aliphatic rings. The molecule has 0 fully saturated rings. The van der Waals surface area contributed by atoms with Gasteiger partial charge in [-0.2, -0.15) is 5.26 Å². The van der Waals surface area contributed by atoms with E-state index in [4.69, 9.17) is 10.2 Å².